The number of nitrogens with one attached hydrogen (secondary N) is 1. The first kappa shape index (κ1) is 13.5. The maximum Gasteiger partial charge on any atom is 0.0851 e. The van der Waals surface area contributed by atoms with Gasteiger partial charge in [-0.3, -0.25) is 0 Å². The zero-order valence-corrected chi connectivity index (χ0v) is 9.49. The van der Waals surface area contributed by atoms with Crippen molar-refractivity contribution in [1.82, 2.24) is 5.32 Å². The second-order valence-electron chi connectivity index (χ2n) is 4.34. The highest BCUT2D eigenvalue weighted by atomic mass is 16.3. The van der Waals surface area contributed by atoms with Gasteiger partial charge in [0.05, 0.1) is 6.54 Å². The highest BCUT2D eigenvalue weighted by Gasteiger charge is 2.11. The molecule has 2 atom stereocenters. The van der Waals surface area contributed by atoms with E-state index in [9.17, 15) is 4.91 Å². The van der Waals surface area contributed by atoms with Gasteiger partial charge in [-0.05, 0) is 24.8 Å². The number of hydrogen-bond donors (Lipinski definition) is 2. The Bertz CT molecular complexity index is 150. The molecule has 0 fully saturated rings. The van der Waals surface area contributed by atoms with Crippen LogP contribution in [0.15, 0.2) is 5.18 Å². The fraction of sp³-hybridized carbons (Fsp3) is 1.00. The van der Waals surface area contributed by atoms with Gasteiger partial charge in [0.2, 0.25) is 0 Å². The van der Waals surface area contributed by atoms with Crippen molar-refractivity contribution >= 4 is 0 Å². The molecule has 0 spiro atoms. The van der Waals surface area contributed by atoms with E-state index in [0.717, 1.165) is 19.5 Å². The van der Waals surface area contributed by atoms with E-state index in [0.29, 0.717) is 12.5 Å². The first-order valence-corrected chi connectivity index (χ1v) is 5.33. The summed E-state index contributed by atoms with van der Waals surface area (Å²) in [6.07, 6.45) is 1.16. The summed E-state index contributed by atoms with van der Waals surface area (Å²) in [6.45, 7) is 8.42. The van der Waals surface area contributed by atoms with Crippen molar-refractivity contribution < 1.29 is 0 Å². The lowest BCUT2D eigenvalue weighted by Crippen LogP contribution is -2.40. The quantitative estimate of drug-likeness (QED) is 0.460. The monoisotopic (exact) mass is 201 g/mol. The zero-order valence-electron chi connectivity index (χ0n) is 9.49. The fourth-order valence-electron chi connectivity index (χ4n) is 1.11. The lowest BCUT2D eigenvalue weighted by molar-refractivity contribution is 0.426. The van der Waals surface area contributed by atoms with Gasteiger partial charge in [-0.25, -0.2) is 0 Å². The van der Waals surface area contributed by atoms with Crippen LogP contribution in [0.25, 0.3) is 0 Å². The Balaban J connectivity index is 3.43. The second kappa shape index (κ2) is 7.88. The third kappa shape index (κ3) is 6.97. The molecule has 0 radical (unpaired) electrons. The Morgan fingerprint density at radius 1 is 1.36 bits per heavy atom. The Kier molecular flexibility index (Phi) is 7.61. The van der Waals surface area contributed by atoms with Crippen LogP contribution in [0, 0.1) is 16.7 Å². The van der Waals surface area contributed by atoms with Crippen molar-refractivity contribution in [2.24, 2.45) is 22.7 Å². The van der Waals surface area contributed by atoms with Gasteiger partial charge in [0.15, 0.2) is 0 Å². The Labute approximate surface area is 86.6 Å². The predicted octanol–water partition coefficient (Wildman–Crippen LogP) is 1.35. The summed E-state index contributed by atoms with van der Waals surface area (Å²) >= 11 is 0. The predicted molar refractivity (Wildman–Crippen MR) is 60.1 cm³/mol. The van der Waals surface area contributed by atoms with Crippen LogP contribution in [0.3, 0.4) is 0 Å². The highest BCUT2D eigenvalue weighted by Crippen LogP contribution is 2.00. The average Bonchev–Trinajstić information content (AvgIpc) is 2.12. The van der Waals surface area contributed by atoms with Crippen molar-refractivity contribution in [1.29, 1.82) is 0 Å². The molecule has 0 aliphatic heterocycles. The van der Waals surface area contributed by atoms with Gasteiger partial charge in [0, 0.05) is 12.6 Å². The van der Waals surface area contributed by atoms with Crippen LogP contribution in [0.2, 0.25) is 0 Å². The molecule has 0 saturated heterocycles. The molecule has 0 saturated carbocycles. The minimum Gasteiger partial charge on any atom is -0.326 e. The van der Waals surface area contributed by atoms with E-state index in [1.165, 1.54) is 0 Å². The molecule has 0 aromatic carbocycles. The first-order valence-electron chi connectivity index (χ1n) is 5.33. The molecule has 0 aliphatic rings. The summed E-state index contributed by atoms with van der Waals surface area (Å²) in [5.41, 5.74) is 5.86. The third-order valence-electron chi connectivity index (χ3n) is 2.37. The van der Waals surface area contributed by atoms with Gasteiger partial charge in [-0.1, -0.05) is 25.9 Å². The van der Waals surface area contributed by atoms with Crippen LogP contribution < -0.4 is 11.1 Å². The van der Waals surface area contributed by atoms with Crippen molar-refractivity contribution in [3.8, 4) is 0 Å². The number of nitrogens with zero attached hydrogens (tertiary/aromatic N) is 1. The van der Waals surface area contributed by atoms with E-state index in [2.05, 4.69) is 24.3 Å². The Morgan fingerprint density at radius 3 is 2.50 bits per heavy atom. The molecule has 0 aromatic rings. The summed E-state index contributed by atoms with van der Waals surface area (Å²) < 4.78 is 0. The maximum atomic E-state index is 10.0. The summed E-state index contributed by atoms with van der Waals surface area (Å²) in [5, 5.41) is 6.14. The van der Waals surface area contributed by atoms with Crippen LogP contribution in [0.1, 0.15) is 27.2 Å². The van der Waals surface area contributed by atoms with Crippen LogP contribution in [0.4, 0.5) is 0 Å². The maximum absolute atomic E-state index is 10.0. The van der Waals surface area contributed by atoms with E-state index >= 15 is 0 Å². The largest absolute Gasteiger partial charge is 0.326 e. The van der Waals surface area contributed by atoms with Crippen molar-refractivity contribution in [2.75, 3.05) is 19.6 Å². The SMILES string of the molecule is CC(C)CCNCC(N)C(C)CN=O. The van der Waals surface area contributed by atoms with Gasteiger partial charge in [-0.2, -0.15) is 4.91 Å². The standard InChI is InChI=1S/C10H23N3O/c1-8(2)4-5-12-7-10(11)9(3)6-13-14/h8-10,12H,4-7,11H2,1-3H3. The molecule has 0 amide bonds. The minimum absolute atomic E-state index is 0.0277. The number of rotatable bonds is 8. The van der Waals surface area contributed by atoms with E-state index in [1.54, 1.807) is 0 Å². The van der Waals surface area contributed by atoms with Crippen molar-refractivity contribution in [2.45, 2.75) is 33.2 Å². The molecule has 2 unspecified atom stereocenters. The van der Waals surface area contributed by atoms with Gasteiger partial charge in [0.1, 0.15) is 0 Å². The summed E-state index contributed by atoms with van der Waals surface area (Å²) in [7, 11) is 0. The molecule has 14 heavy (non-hydrogen) atoms. The molecule has 0 rings (SSSR count). The Hall–Kier alpha value is -0.480. The molecule has 0 heterocycles. The molecular formula is C10H23N3O. The fourth-order valence-corrected chi connectivity index (χ4v) is 1.11. The average molecular weight is 201 g/mol. The molecule has 84 valence electrons. The smallest absolute Gasteiger partial charge is 0.0851 e. The van der Waals surface area contributed by atoms with Crippen LogP contribution >= 0.6 is 0 Å². The number of hydrogen-bond acceptors (Lipinski definition) is 4. The zero-order chi connectivity index (χ0) is 11.0. The van der Waals surface area contributed by atoms with E-state index in [1.807, 2.05) is 6.92 Å². The Morgan fingerprint density at radius 2 is 2.00 bits per heavy atom. The number of nitroso groups, excluding NO2 is 1. The molecule has 0 bridgehead atoms. The van der Waals surface area contributed by atoms with E-state index in [-0.39, 0.29) is 12.0 Å². The highest BCUT2D eigenvalue weighted by molar-refractivity contribution is 4.73. The second-order valence-corrected chi connectivity index (χ2v) is 4.34. The van der Waals surface area contributed by atoms with Crippen molar-refractivity contribution in [3.05, 3.63) is 4.91 Å². The summed E-state index contributed by atoms with van der Waals surface area (Å²) in [5.74, 6) is 0.881. The van der Waals surface area contributed by atoms with Gasteiger partial charge < -0.3 is 11.1 Å². The van der Waals surface area contributed by atoms with Crippen LogP contribution in [-0.4, -0.2) is 25.7 Å². The van der Waals surface area contributed by atoms with Gasteiger partial charge >= 0.3 is 0 Å². The lowest BCUT2D eigenvalue weighted by atomic mass is 10.0. The van der Waals surface area contributed by atoms with Crippen LogP contribution in [-0.2, 0) is 0 Å². The molecule has 0 aromatic heterocycles. The molecular weight excluding hydrogens is 178 g/mol. The van der Waals surface area contributed by atoms with Gasteiger partial charge in [-0.15, -0.1) is 0 Å². The number of nitrogens with two attached hydrogens (primary N) is 1. The van der Waals surface area contributed by atoms with Crippen molar-refractivity contribution in [3.63, 3.8) is 0 Å². The molecule has 4 nitrogen and oxygen atoms in total. The topological polar surface area (TPSA) is 67.5 Å². The third-order valence-corrected chi connectivity index (χ3v) is 2.37. The van der Waals surface area contributed by atoms with E-state index in [4.69, 9.17) is 5.73 Å². The molecule has 0 aliphatic carbocycles. The van der Waals surface area contributed by atoms with Gasteiger partial charge in [0.25, 0.3) is 0 Å². The van der Waals surface area contributed by atoms with E-state index < -0.39 is 0 Å². The lowest BCUT2D eigenvalue weighted by Gasteiger charge is -2.17. The summed E-state index contributed by atoms with van der Waals surface area (Å²) in [6, 6.07) is 0.0277. The normalized spacial score (nSPS) is 15.5. The minimum atomic E-state index is 0.0277. The molecule has 3 N–H and O–H groups in total. The van der Waals surface area contributed by atoms with Crippen LogP contribution in [0.5, 0.6) is 0 Å². The first-order chi connectivity index (χ1) is 6.57. The molecule has 4 heteroatoms. The summed E-state index contributed by atoms with van der Waals surface area (Å²) in [4.78, 5) is 10.0.